The highest BCUT2D eigenvalue weighted by molar-refractivity contribution is 6.00. The number of methoxy groups -OCH3 is 2. The van der Waals surface area contributed by atoms with E-state index in [1.165, 1.54) is 7.11 Å². The second kappa shape index (κ2) is 8.16. The Kier molecular flexibility index (Phi) is 6.20. The van der Waals surface area contributed by atoms with E-state index in [9.17, 15) is 9.59 Å². The van der Waals surface area contributed by atoms with Crippen molar-refractivity contribution in [2.75, 3.05) is 33.9 Å². The van der Waals surface area contributed by atoms with Gasteiger partial charge >= 0.3 is 5.97 Å². The fourth-order valence-electron chi connectivity index (χ4n) is 2.87. The fraction of sp³-hybridized carbons (Fsp3) is 0.474. The maximum atomic E-state index is 13.0. The Morgan fingerprint density at radius 1 is 1.08 bits per heavy atom. The number of fused-ring (bicyclic) bond motifs is 1. The Bertz CT molecular complexity index is 778. The molecule has 0 radical (unpaired) electrons. The molecule has 1 heterocycles. The number of nitrogens with zero attached hydrogens (tertiary/aromatic N) is 1. The summed E-state index contributed by atoms with van der Waals surface area (Å²) < 4.78 is 15.7. The van der Waals surface area contributed by atoms with E-state index in [-0.39, 0.29) is 24.8 Å². The molecule has 0 bridgehead atoms. The third-order valence-electron chi connectivity index (χ3n) is 4.34. The van der Waals surface area contributed by atoms with E-state index in [1.807, 2.05) is 32.9 Å². The van der Waals surface area contributed by atoms with Gasteiger partial charge in [0.2, 0.25) is 0 Å². The molecule has 0 saturated heterocycles. The highest BCUT2D eigenvalue weighted by atomic mass is 16.5. The average molecular weight is 347 g/mol. The number of rotatable bonds is 7. The number of benzene rings is 1. The van der Waals surface area contributed by atoms with Crippen molar-refractivity contribution in [3.05, 3.63) is 34.6 Å². The maximum absolute atomic E-state index is 13.0. The summed E-state index contributed by atoms with van der Waals surface area (Å²) in [7, 11) is 2.90. The quantitative estimate of drug-likeness (QED) is 0.720. The summed E-state index contributed by atoms with van der Waals surface area (Å²) >= 11 is 0. The van der Waals surface area contributed by atoms with Gasteiger partial charge in [-0.3, -0.25) is 9.59 Å². The standard InChI is InChI=1S/C19H25NO5/c1-12-6-7-13(2)17-16(12)14(3)18(25-17)19(22)20(10-11-23-4)9-8-15(21)24-5/h6-7H,8-11H2,1-5H3. The Morgan fingerprint density at radius 2 is 1.76 bits per heavy atom. The number of hydrogen-bond acceptors (Lipinski definition) is 5. The monoisotopic (exact) mass is 347 g/mol. The van der Waals surface area contributed by atoms with Gasteiger partial charge in [-0.1, -0.05) is 12.1 Å². The van der Waals surface area contributed by atoms with Crippen LogP contribution in [-0.2, 0) is 14.3 Å². The lowest BCUT2D eigenvalue weighted by Gasteiger charge is -2.21. The molecule has 0 atom stereocenters. The van der Waals surface area contributed by atoms with Gasteiger partial charge in [0.25, 0.3) is 5.91 Å². The van der Waals surface area contributed by atoms with Crippen molar-refractivity contribution in [2.24, 2.45) is 0 Å². The zero-order chi connectivity index (χ0) is 18.6. The number of carbonyl (C=O) groups excluding carboxylic acids is 2. The molecular formula is C19H25NO5. The predicted octanol–water partition coefficient (Wildman–Crippen LogP) is 3.01. The van der Waals surface area contributed by atoms with Crippen molar-refractivity contribution in [3.63, 3.8) is 0 Å². The molecule has 6 heteroatoms. The molecule has 0 aliphatic rings. The summed E-state index contributed by atoms with van der Waals surface area (Å²) in [4.78, 5) is 26.0. The van der Waals surface area contributed by atoms with Gasteiger partial charge in [0.15, 0.2) is 5.76 Å². The van der Waals surface area contributed by atoms with Gasteiger partial charge in [0.05, 0.1) is 20.1 Å². The number of ether oxygens (including phenoxy) is 2. The molecule has 0 fully saturated rings. The number of aryl methyl sites for hydroxylation is 3. The second-order valence-electron chi connectivity index (χ2n) is 6.07. The van der Waals surface area contributed by atoms with Gasteiger partial charge in [0.1, 0.15) is 5.58 Å². The molecule has 0 aliphatic carbocycles. The summed E-state index contributed by atoms with van der Waals surface area (Å²) in [6.45, 7) is 6.85. The molecule has 2 aromatic rings. The molecule has 2 rings (SSSR count). The van der Waals surface area contributed by atoms with Crippen LogP contribution in [0.25, 0.3) is 11.0 Å². The van der Waals surface area contributed by atoms with Crippen LogP contribution in [0, 0.1) is 20.8 Å². The van der Waals surface area contributed by atoms with Crippen LogP contribution in [0.5, 0.6) is 0 Å². The largest absolute Gasteiger partial charge is 0.469 e. The van der Waals surface area contributed by atoms with E-state index in [0.29, 0.717) is 18.9 Å². The Hall–Kier alpha value is -2.34. The van der Waals surface area contributed by atoms with E-state index in [4.69, 9.17) is 9.15 Å². The van der Waals surface area contributed by atoms with Gasteiger partial charge in [-0.25, -0.2) is 0 Å². The first kappa shape index (κ1) is 19.0. The smallest absolute Gasteiger partial charge is 0.307 e. The van der Waals surface area contributed by atoms with Gasteiger partial charge in [-0.2, -0.15) is 0 Å². The topological polar surface area (TPSA) is 69.0 Å². The van der Waals surface area contributed by atoms with Crippen LogP contribution in [0.3, 0.4) is 0 Å². The first-order valence-electron chi connectivity index (χ1n) is 8.25. The van der Waals surface area contributed by atoms with Crippen LogP contribution in [0.2, 0.25) is 0 Å². The van der Waals surface area contributed by atoms with Crippen molar-refractivity contribution in [3.8, 4) is 0 Å². The minimum atomic E-state index is -0.358. The lowest BCUT2D eigenvalue weighted by atomic mass is 10.0. The number of carbonyl (C=O) groups is 2. The minimum absolute atomic E-state index is 0.128. The van der Waals surface area contributed by atoms with Crippen molar-refractivity contribution in [1.82, 2.24) is 4.90 Å². The van der Waals surface area contributed by atoms with Crippen LogP contribution in [0.4, 0.5) is 0 Å². The summed E-state index contributed by atoms with van der Waals surface area (Å²) in [5.41, 5.74) is 3.61. The maximum Gasteiger partial charge on any atom is 0.307 e. The van der Waals surface area contributed by atoms with Crippen molar-refractivity contribution < 1.29 is 23.5 Å². The molecule has 6 nitrogen and oxygen atoms in total. The number of hydrogen-bond donors (Lipinski definition) is 0. The highest BCUT2D eigenvalue weighted by Gasteiger charge is 2.25. The molecule has 25 heavy (non-hydrogen) atoms. The zero-order valence-corrected chi connectivity index (χ0v) is 15.5. The van der Waals surface area contributed by atoms with Gasteiger partial charge in [0, 0.05) is 31.1 Å². The highest BCUT2D eigenvalue weighted by Crippen LogP contribution is 2.31. The summed E-state index contributed by atoms with van der Waals surface area (Å²) in [5.74, 6) is -0.287. The lowest BCUT2D eigenvalue weighted by Crippen LogP contribution is -2.36. The number of furan rings is 1. The molecule has 1 amide bonds. The first-order valence-corrected chi connectivity index (χ1v) is 8.25. The molecule has 1 aromatic carbocycles. The number of esters is 1. The molecule has 0 aliphatic heterocycles. The van der Waals surface area contributed by atoms with Crippen LogP contribution in [-0.4, -0.2) is 50.7 Å². The SMILES string of the molecule is COCCN(CCC(=O)OC)C(=O)c1oc2c(C)ccc(C)c2c1C. The third kappa shape index (κ3) is 4.02. The Morgan fingerprint density at radius 3 is 2.36 bits per heavy atom. The molecule has 0 unspecified atom stereocenters. The van der Waals surface area contributed by atoms with Crippen molar-refractivity contribution in [1.29, 1.82) is 0 Å². The van der Waals surface area contributed by atoms with Crippen LogP contribution >= 0.6 is 0 Å². The van der Waals surface area contributed by atoms with Gasteiger partial charge < -0.3 is 18.8 Å². The lowest BCUT2D eigenvalue weighted by molar-refractivity contribution is -0.140. The first-order chi connectivity index (χ1) is 11.9. The van der Waals surface area contributed by atoms with Crippen molar-refractivity contribution >= 4 is 22.8 Å². The predicted molar refractivity (Wildman–Crippen MR) is 94.8 cm³/mol. The molecular weight excluding hydrogens is 322 g/mol. The normalized spacial score (nSPS) is 10.9. The molecule has 0 N–H and O–H groups in total. The Balaban J connectivity index is 2.36. The van der Waals surface area contributed by atoms with E-state index >= 15 is 0 Å². The van der Waals surface area contributed by atoms with Crippen LogP contribution < -0.4 is 0 Å². The molecule has 0 saturated carbocycles. The van der Waals surface area contributed by atoms with Crippen LogP contribution in [0.15, 0.2) is 16.5 Å². The van der Waals surface area contributed by atoms with Gasteiger partial charge in [-0.15, -0.1) is 0 Å². The van der Waals surface area contributed by atoms with E-state index in [1.54, 1.807) is 12.0 Å². The average Bonchev–Trinajstić information content (AvgIpc) is 2.96. The van der Waals surface area contributed by atoms with Gasteiger partial charge in [-0.05, 0) is 31.9 Å². The molecule has 136 valence electrons. The Labute approximate surface area is 147 Å². The van der Waals surface area contributed by atoms with E-state index < -0.39 is 0 Å². The van der Waals surface area contributed by atoms with E-state index in [0.717, 1.165) is 27.7 Å². The van der Waals surface area contributed by atoms with E-state index in [2.05, 4.69) is 4.74 Å². The zero-order valence-electron chi connectivity index (χ0n) is 15.5. The molecule has 1 aromatic heterocycles. The van der Waals surface area contributed by atoms with Crippen molar-refractivity contribution in [2.45, 2.75) is 27.2 Å². The fourth-order valence-corrected chi connectivity index (χ4v) is 2.87. The second-order valence-corrected chi connectivity index (χ2v) is 6.07. The minimum Gasteiger partial charge on any atom is -0.469 e. The summed E-state index contributed by atoms with van der Waals surface area (Å²) in [5, 5.41) is 0.975. The molecule has 0 spiro atoms. The third-order valence-corrected chi connectivity index (χ3v) is 4.34. The summed E-state index contributed by atoms with van der Waals surface area (Å²) in [6.07, 6.45) is 0.128. The summed E-state index contributed by atoms with van der Waals surface area (Å²) in [6, 6.07) is 4.00. The van der Waals surface area contributed by atoms with Crippen LogP contribution in [0.1, 0.15) is 33.7 Å². The number of amides is 1.